The van der Waals surface area contributed by atoms with Crippen LogP contribution in [0, 0.1) is 23.1 Å². The number of rotatable bonds is 3. The lowest BCUT2D eigenvalue weighted by molar-refractivity contribution is 0.363. The summed E-state index contributed by atoms with van der Waals surface area (Å²) in [5, 5.41) is 8.99. The normalized spacial score (nSPS) is 13.0. The van der Waals surface area contributed by atoms with Crippen molar-refractivity contribution < 1.29 is 9.13 Å². The van der Waals surface area contributed by atoms with Gasteiger partial charge < -0.3 is 4.74 Å². The standard InChI is InChI=1S/C13H16FNO/c1-9(8-15)13(2,3)11-6-5-10(14)7-12(11)16-4/h5-7,9H,1-4H3. The van der Waals surface area contributed by atoms with Crippen LogP contribution in [0.2, 0.25) is 0 Å². The van der Waals surface area contributed by atoms with E-state index in [2.05, 4.69) is 6.07 Å². The molecule has 0 N–H and O–H groups in total. The molecule has 1 aromatic carbocycles. The van der Waals surface area contributed by atoms with Gasteiger partial charge in [-0.05, 0) is 13.0 Å². The molecule has 0 aliphatic heterocycles. The van der Waals surface area contributed by atoms with Crippen LogP contribution in [0.15, 0.2) is 18.2 Å². The van der Waals surface area contributed by atoms with Gasteiger partial charge in [-0.15, -0.1) is 0 Å². The quantitative estimate of drug-likeness (QED) is 0.784. The van der Waals surface area contributed by atoms with E-state index in [1.165, 1.54) is 19.2 Å². The van der Waals surface area contributed by atoms with Crippen molar-refractivity contribution in [1.82, 2.24) is 0 Å². The average molecular weight is 221 g/mol. The molecule has 86 valence electrons. The zero-order valence-electron chi connectivity index (χ0n) is 10.0. The Bertz CT molecular complexity index is 420. The summed E-state index contributed by atoms with van der Waals surface area (Å²) in [6, 6.07) is 6.64. The van der Waals surface area contributed by atoms with Crippen molar-refractivity contribution in [3.63, 3.8) is 0 Å². The first-order valence-electron chi connectivity index (χ1n) is 5.17. The van der Waals surface area contributed by atoms with E-state index in [1.54, 1.807) is 6.07 Å². The first kappa shape index (κ1) is 12.5. The van der Waals surface area contributed by atoms with Crippen molar-refractivity contribution in [3.05, 3.63) is 29.6 Å². The molecule has 0 saturated carbocycles. The first-order valence-corrected chi connectivity index (χ1v) is 5.17. The average Bonchev–Trinajstić information content (AvgIpc) is 2.27. The molecule has 0 saturated heterocycles. The summed E-state index contributed by atoms with van der Waals surface area (Å²) in [5.74, 6) is -0.0139. The van der Waals surface area contributed by atoms with Crippen LogP contribution in [0.25, 0.3) is 0 Å². The van der Waals surface area contributed by atoms with Crippen LogP contribution < -0.4 is 4.74 Å². The van der Waals surface area contributed by atoms with Gasteiger partial charge >= 0.3 is 0 Å². The molecule has 0 aliphatic rings. The molecule has 1 rings (SSSR count). The maximum Gasteiger partial charge on any atom is 0.126 e. The van der Waals surface area contributed by atoms with Gasteiger partial charge in [-0.2, -0.15) is 5.26 Å². The van der Waals surface area contributed by atoms with Gasteiger partial charge in [-0.25, -0.2) is 4.39 Å². The van der Waals surface area contributed by atoms with Crippen LogP contribution in [0.1, 0.15) is 26.3 Å². The van der Waals surface area contributed by atoms with Crippen LogP contribution in [0.5, 0.6) is 5.75 Å². The summed E-state index contributed by atoms with van der Waals surface area (Å²) in [7, 11) is 1.51. The molecule has 16 heavy (non-hydrogen) atoms. The van der Waals surface area contributed by atoms with Crippen molar-refractivity contribution in [2.75, 3.05) is 7.11 Å². The summed E-state index contributed by atoms with van der Waals surface area (Å²) in [6.07, 6.45) is 0. The molecule has 3 heteroatoms. The second kappa shape index (κ2) is 4.52. The van der Waals surface area contributed by atoms with Crippen molar-refractivity contribution in [1.29, 1.82) is 5.26 Å². The molecule has 0 spiro atoms. The Balaban J connectivity index is 3.28. The number of nitriles is 1. The van der Waals surface area contributed by atoms with Gasteiger partial charge in [0.05, 0.1) is 19.1 Å². The van der Waals surface area contributed by atoms with Gasteiger partial charge in [0, 0.05) is 17.0 Å². The Morgan fingerprint density at radius 2 is 2.06 bits per heavy atom. The second-order valence-electron chi connectivity index (χ2n) is 4.42. The SMILES string of the molecule is COc1cc(F)ccc1C(C)(C)C(C)C#N. The lowest BCUT2D eigenvalue weighted by Crippen LogP contribution is -2.26. The third-order valence-electron chi connectivity index (χ3n) is 3.13. The van der Waals surface area contributed by atoms with Gasteiger partial charge in [0.15, 0.2) is 0 Å². The van der Waals surface area contributed by atoms with Crippen molar-refractivity contribution >= 4 is 0 Å². The van der Waals surface area contributed by atoms with Crippen molar-refractivity contribution in [2.24, 2.45) is 5.92 Å². The summed E-state index contributed by atoms with van der Waals surface area (Å²) in [6.45, 7) is 5.76. The fourth-order valence-corrected chi connectivity index (χ4v) is 1.59. The van der Waals surface area contributed by atoms with Crippen LogP contribution in [0.3, 0.4) is 0 Å². The minimum absolute atomic E-state index is 0.174. The van der Waals surface area contributed by atoms with E-state index < -0.39 is 0 Å². The van der Waals surface area contributed by atoms with Crippen LogP contribution in [-0.4, -0.2) is 7.11 Å². The fraction of sp³-hybridized carbons (Fsp3) is 0.462. The monoisotopic (exact) mass is 221 g/mol. The number of hydrogen-bond donors (Lipinski definition) is 0. The van der Waals surface area contributed by atoms with Gasteiger partial charge in [-0.3, -0.25) is 0 Å². The summed E-state index contributed by atoms with van der Waals surface area (Å²) >= 11 is 0. The molecule has 0 bridgehead atoms. The Labute approximate surface area is 95.7 Å². The predicted molar refractivity (Wildman–Crippen MR) is 60.8 cm³/mol. The lowest BCUT2D eigenvalue weighted by Gasteiger charge is -2.29. The van der Waals surface area contributed by atoms with Crippen molar-refractivity contribution in [2.45, 2.75) is 26.2 Å². The van der Waals surface area contributed by atoms with E-state index >= 15 is 0 Å². The van der Waals surface area contributed by atoms with E-state index in [0.29, 0.717) is 5.75 Å². The summed E-state index contributed by atoms with van der Waals surface area (Å²) in [4.78, 5) is 0. The zero-order chi connectivity index (χ0) is 12.3. The molecule has 1 unspecified atom stereocenters. The molecule has 0 aliphatic carbocycles. The Morgan fingerprint density at radius 1 is 1.44 bits per heavy atom. The highest BCUT2D eigenvalue weighted by Gasteiger charge is 2.30. The van der Waals surface area contributed by atoms with E-state index in [0.717, 1.165) is 5.56 Å². The lowest BCUT2D eigenvalue weighted by atomic mass is 9.74. The number of methoxy groups -OCH3 is 1. The first-order chi connectivity index (χ1) is 7.43. The van der Waals surface area contributed by atoms with Gasteiger partial charge in [0.1, 0.15) is 11.6 Å². The number of halogens is 1. The molecule has 1 aromatic rings. The maximum absolute atomic E-state index is 13.1. The Hall–Kier alpha value is -1.56. The number of benzene rings is 1. The third kappa shape index (κ3) is 2.16. The molecule has 0 radical (unpaired) electrons. The molecule has 1 atom stereocenters. The zero-order valence-corrected chi connectivity index (χ0v) is 10.0. The number of hydrogen-bond acceptors (Lipinski definition) is 2. The second-order valence-corrected chi connectivity index (χ2v) is 4.42. The fourth-order valence-electron chi connectivity index (χ4n) is 1.59. The molecular weight excluding hydrogens is 205 g/mol. The topological polar surface area (TPSA) is 33.0 Å². The number of ether oxygens (including phenoxy) is 1. The minimum Gasteiger partial charge on any atom is -0.496 e. The van der Waals surface area contributed by atoms with E-state index in [-0.39, 0.29) is 17.2 Å². The highest BCUT2D eigenvalue weighted by molar-refractivity contribution is 5.40. The van der Waals surface area contributed by atoms with Gasteiger partial charge in [0.25, 0.3) is 0 Å². The summed E-state index contributed by atoms with van der Waals surface area (Å²) < 4.78 is 18.2. The highest BCUT2D eigenvalue weighted by atomic mass is 19.1. The largest absolute Gasteiger partial charge is 0.496 e. The van der Waals surface area contributed by atoms with E-state index in [9.17, 15) is 4.39 Å². The molecule has 0 amide bonds. The predicted octanol–water partition coefficient (Wildman–Crippen LogP) is 3.27. The number of nitrogens with zero attached hydrogens (tertiary/aromatic N) is 1. The molecule has 2 nitrogen and oxygen atoms in total. The highest BCUT2D eigenvalue weighted by Crippen LogP contribution is 2.37. The van der Waals surface area contributed by atoms with E-state index in [1.807, 2.05) is 20.8 Å². The van der Waals surface area contributed by atoms with Gasteiger partial charge in [-0.1, -0.05) is 19.9 Å². The van der Waals surface area contributed by atoms with Crippen molar-refractivity contribution in [3.8, 4) is 11.8 Å². The third-order valence-corrected chi connectivity index (χ3v) is 3.13. The van der Waals surface area contributed by atoms with Crippen LogP contribution in [-0.2, 0) is 5.41 Å². The Morgan fingerprint density at radius 3 is 2.56 bits per heavy atom. The van der Waals surface area contributed by atoms with E-state index in [4.69, 9.17) is 10.00 Å². The molecule has 0 heterocycles. The molecule has 0 aromatic heterocycles. The Kier molecular flexibility index (Phi) is 3.54. The summed E-state index contributed by atoms with van der Waals surface area (Å²) in [5.41, 5.74) is 0.485. The van der Waals surface area contributed by atoms with Crippen LogP contribution in [0.4, 0.5) is 4.39 Å². The van der Waals surface area contributed by atoms with Crippen LogP contribution >= 0.6 is 0 Å². The molecular formula is C13H16FNO. The minimum atomic E-state index is -0.367. The smallest absolute Gasteiger partial charge is 0.126 e. The molecule has 0 fully saturated rings. The van der Waals surface area contributed by atoms with Gasteiger partial charge in [0.2, 0.25) is 0 Å². The maximum atomic E-state index is 13.1.